The highest BCUT2D eigenvalue weighted by Gasteiger charge is 2.09. The molecule has 0 amide bonds. The van der Waals surface area contributed by atoms with Gasteiger partial charge < -0.3 is 4.57 Å². The first kappa shape index (κ1) is 16.5. The van der Waals surface area contributed by atoms with Gasteiger partial charge in [-0.3, -0.25) is 4.72 Å². The van der Waals surface area contributed by atoms with Crippen LogP contribution in [-0.4, -0.2) is 23.0 Å². The molecule has 3 aromatic heterocycles. The number of aromatic nitrogens is 3. The highest BCUT2D eigenvalue weighted by molar-refractivity contribution is 7.90. The molecule has 0 bridgehead atoms. The molecule has 0 radical (unpaired) electrons. The SMILES string of the molecule is Cc1ccc2c(ncc3ccn(Cc4ccc(NS(N)(=O)=O)cc4)c32)n1. The Balaban J connectivity index is 1.71. The summed E-state index contributed by atoms with van der Waals surface area (Å²) in [6.45, 7) is 2.59. The largest absolute Gasteiger partial charge is 0.342 e. The number of fused-ring (bicyclic) bond motifs is 3. The van der Waals surface area contributed by atoms with Crippen LogP contribution in [0.4, 0.5) is 5.69 Å². The molecule has 4 rings (SSSR count). The summed E-state index contributed by atoms with van der Waals surface area (Å²) in [4.78, 5) is 8.93. The number of hydrogen-bond donors (Lipinski definition) is 2. The molecule has 1 aromatic carbocycles. The number of anilines is 1. The van der Waals surface area contributed by atoms with Gasteiger partial charge in [-0.05, 0) is 42.8 Å². The van der Waals surface area contributed by atoms with Crippen molar-refractivity contribution < 1.29 is 8.42 Å². The summed E-state index contributed by atoms with van der Waals surface area (Å²) in [5.41, 5.74) is 4.20. The molecule has 132 valence electrons. The normalized spacial score (nSPS) is 11.9. The van der Waals surface area contributed by atoms with Gasteiger partial charge in [0.2, 0.25) is 0 Å². The molecule has 0 unspecified atom stereocenters. The Kier molecular flexibility index (Phi) is 3.86. The van der Waals surface area contributed by atoms with E-state index in [1.165, 1.54) is 0 Å². The Morgan fingerprint density at radius 3 is 2.62 bits per heavy atom. The zero-order chi connectivity index (χ0) is 18.3. The van der Waals surface area contributed by atoms with Gasteiger partial charge in [-0.15, -0.1) is 0 Å². The fraction of sp³-hybridized carbons (Fsp3) is 0.111. The van der Waals surface area contributed by atoms with Crippen LogP contribution < -0.4 is 9.86 Å². The van der Waals surface area contributed by atoms with E-state index in [1.807, 2.05) is 49.6 Å². The second kappa shape index (κ2) is 6.08. The van der Waals surface area contributed by atoms with Gasteiger partial charge in [-0.25, -0.2) is 15.1 Å². The van der Waals surface area contributed by atoms with E-state index in [1.54, 1.807) is 12.1 Å². The van der Waals surface area contributed by atoms with Gasteiger partial charge in [0.1, 0.15) is 0 Å². The van der Waals surface area contributed by atoms with Gasteiger partial charge in [-0.1, -0.05) is 12.1 Å². The Morgan fingerprint density at radius 1 is 1.12 bits per heavy atom. The first-order chi connectivity index (χ1) is 12.4. The number of nitrogens with zero attached hydrogens (tertiary/aromatic N) is 3. The smallest absolute Gasteiger partial charge is 0.296 e. The predicted molar refractivity (Wildman–Crippen MR) is 102 cm³/mol. The lowest BCUT2D eigenvalue weighted by molar-refractivity contribution is 0.603. The molecule has 8 heteroatoms. The van der Waals surface area contributed by atoms with Gasteiger partial charge in [0, 0.05) is 41.1 Å². The van der Waals surface area contributed by atoms with Crippen molar-refractivity contribution >= 4 is 37.8 Å². The summed E-state index contributed by atoms with van der Waals surface area (Å²) in [6.07, 6.45) is 3.85. The summed E-state index contributed by atoms with van der Waals surface area (Å²) >= 11 is 0. The van der Waals surface area contributed by atoms with Gasteiger partial charge in [-0.2, -0.15) is 8.42 Å². The Bertz CT molecular complexity index is 1210. The summed E-state index contributed by atoms with van der Waals surface area (Å²) in [5.74, 6) is 0. The minimum Gasteiger partial charge on any atom is -0.342 e. The molecule has 0 atom stereocenters. The molecule has 0 fully saturated rings. The maximum atomic E-state index is 11.1. The van der Waals surface area contributed by atoms with Crippen molar-refractivity contribution in [1.29, 1.82) is 0 Å². The van der Waals surface area contributed by atoms with Crippen molar-refractivity contribution in [3.05, 3.63) is 66.1 Å². The van der Waals surface area contributed by atoms with E-state index in [4.69, 9.17) is 5.14 Å². The van der Waals surface area contributed by atoms with Crippen LogP contribution in [0.5, 0.6) is 0 Å². The molecule has 0 aliphatic heterocycles. The van der Waals surface area contributed by atoms with E-state index in [9.17, 15) is 8.42 Å². The van der Waals surface area contributed by atoms with Crippen molar-refractivity contribution in [1.82, 2.24) is 14.5 Å². The van der Waals surface area contributed by atoms with Crippen LogP contribution in [-0.2, 0) is 16.8 Å². The van der Waals surface area contributed by atoms with E-state index in [-0.39, 0.29) is 0 Å². The van der Waals surface area contributed by atoms with Gasteiger partial charge in [0.25, 0.3) is 10.2 Å². The molecule has 0 saturated carbocycles. The molecule has 0 aliphatic rings. The molecule has 7 nitrogen and oxygen atoms in total. The zero-order valence-corrected chi connectivity index (χ0v) is 14.9. The quantitative estimate of drug-likeness (QED) is 0.578. The third-order valence-electron chi connectivity index (χ3n) is 4.16. The van der Waals surface area contributed by atoms with Crippen molar-refractivity contribution in [2.75, 3.05) is 4.72 Å². The second-order valence-corrected chi connectivity index (χ2v) is 7.47. The summed E-state index contributed by atoms with van der Waals surface area (Å²) in [5, 5.41) is 7.04. The standard InChI is InChI=1S/C18H17N5O2S/c1-12-2-7-16-17-14(10-20-18(16)21-12)8-9-23(17)11-13-3-5-15(6-4-13)22-26(19,24)25/h2-10,22H,11H2,1H3,(H2,19,24,25). The van der Waals surface area contributed by atoms with Crippen LogP contribution in [0, 0.1) is 6.92 Å². The fourth-order valence-electron chi connectivity index (χ4n) is 3.03. The molecule has 0 spiro atoms. The van der Waals surface area contributed by atoms with Gasteiger partial charge in [0.05, 0.1) is 5.52 Å². The highest BCUT2D eigenvalue weighted by Crippen LogP contribution is 2.25. The number of aryl methyl sites for hydroxylation is 1. The Labute approximate surface area is 150 Å². The average molecular weight is 367 g/mol. The van der Waals surface area contributed by atoms with Gasteiger partial charge >= 0.3 is 0 Å². The lowest BCUT2D eigenvalue weighted by Crippen LogP contribution is -2.21. The Morgan fingerprint density at radius 2 is 1.88 bits per heavy atom. The molecular weight excluding hydrogens is 350 g/mol. The van der Waals surface area contributed by atoms with Crippen molar-refractivity contribution in [2.24, 2.45) is 5.14 Å². The first-order valence-electron chi connectivity index (χ1n) is 8.00. The first-order valence-corrected chi connectivity index (χ1v) is 9.54. The van der Waals surface area contributed by atoms with Crippen LogP contribution in [0.1, 0.15) is 11.3 Å². The topological polar surface area (TPSA) is 103 Å². The second-order valence-electron chi connectivity index (χ2n) is 6.17. The number of benzene rings is 1. The lowest BCUT2D eigenvalue weighted by Gasteiger charge is -2.09. The van der Waals surface area contributed by atoms with E-state index in [0.717, 1.165) is 33.2 Å². The molecule has 3 heterocycles. The maximum absolute atomic E-state index is 11.1. The molecule has 26 heavy (non-hydrogen) atoms. The molecule has 3 N–H and O–H groups in total. The van der Waals surface area contributed by atoms with Gasteiger partial charge in [0.15, 0.2) is 5.65 Å². The summed E-state index contributed by atoms with van der Waals surface area (Å²) in [6, 6.07) is 13.2. The van der Waals surface area contributed by atoms with Crippen LogP contribution in [0.2, 0.25) is 0 Å². The molecular formula is C18H17N5O2S. The highest BCUT2D eigenvalue weighted by atomic mass is 32.2. The third kappa shape index (κ3) is 3.24. The number of pyridine rings is 2. The number of nitrogens with one attached hydrogen (secondary N) is 1. The number of rotatable bonds is 4. The minimum absolute atomic E-state index is 0.433. The summed E-state index contributed by atoms with van der Waals surface area (Å²) in [7, 11) is -3.77. The molecule has 0 saturated heterocycles. The van der Waals surface area contributed by atoms with Crippen LogP contribution in [0.15, 0.2) is 54.9 Å². The van der Waals surface area contributed by atoms with Crippen LogP contribution in [0.25, 0.3) is 21.9 Å². The van der Waals surface area contributed by atoms with E-state index in [2.05, 4.69) is 19.3 Å². The predicted octanol–water partition coefficient (Wildman–Crippen LogP) is 2.56. The van der Waals surface area contributed by atoms with Crippen LogP contribution in [0.3, 0.4) is 0 Å². The van der Waals surface area contributed by atoms with Crippen molar-refractivity contribution in [2.45, 2.75) is 13.5 Å². The third-order valence-corrected chi connectivity index (χ3v) is 4.68. The number of nitrogens with two attached hydrogens (primary N) is 1. The van der Waals surface area contributed by atoms with E-state index in [0.29, 0.717) is 12.2 Å². The maximum Gasteiger partial charge on any atom is 0.296 e. The Hall–Kier alpha value is -2.97. The van der Waals surface area contributed by atoms with E-state index >= 15 is 0 Å². The average Bonchev–Trinajstić information content (AvgIpc) is 2.98. The van der Waals surface area contributed by atoms with Crippen LogP contribution >= 0.6 is 0 Å². The molecule has 0 aliphatic carbocycles. The lowest BCUT2D eigenvalue weighted by atomic mass is 10.2. The monoisotopic (exact) mass is 367 g/mol. The number of hydrogen-bond acceptors (Lipinski definition) is 4. The summed E-state index contributed by atoms with van der Waals surface area (Å²) < 4.78 is 26.6. The van der Waals surface area contributed by atoms with E-state index < -0.39 is 10.2 Å². The van der Waals surface area contributed by atoms with Crippen molar-refractivity contribution in [3.63, 3.8) is 0 Å². The molecule has 4 aromatic rings. The fourth-order valence-corrected chi connectivity index (χ4v) is 3.50. The zero-order valence-electron chi connectivity index (χ0n) is 14.0. The minimum atomic E-state index is -3.77. The van der Waals surface area contributed by atoms with Crippen molar-refractivity contribution in [3.8, 4) is 0 Å².